The average Bonchev–Trinajstić information content (AvgIpc) is 2.40. The first-order valence-electron chi connectivity index (χ1n) is 6.71. The molecule has 0 aliphatic carbocycles. The minimum atomic E-state index is -0.206. The van der Waals surface area contributed by atoms with Crippen molar-refractivity contribution in [2.24, 2.45) is 0 Å². The van der Waals surface area contributed by atoms with Crippen LogP contribution < -0.4 is 5.32 Å². The lowest BCUT2D eigenvalue weighted by Gasteiger charge is -2.16. The van der Waals surface area contributed by atoms with Gasteiger partial charge in [-0.25, -0.2) is 0 Å². The van der Waals surface area contributed by atoms with Gasteiger partial charge in [-0.1, -0.05) is 43.7 Å². The Bertz CT molecular complexity index is 338. The molecule has 3 nitrogen and oxygen atoms in total. The maximum absolute atomic E-state index is 11.9. The van der Waals surface area contributed by atoms with E-state index in [4.69, 9.17) is 4.74 Å². The molecule has 0 spiro atoms. The lowest BCUT2D eigenvalue weighted by atomic mass is 9.99. The second kappa shape index (κ2) is 8.70. The highest BCUT2D eigenvalue weighted by Crippen LogP contribution is 2.16. The van der Waals surface area contributed by atoms with E-state index in [0.717, 1.165) is 24.9 Å². The maximum atomic E-state index is 11.9. The van der Waals surface area contributed by atoms with Crippen LogP contribution in [0.25, 0.3) is 0 Å². The summed E-state index contributed by atoms with van der Waals surface area (Å²) < 4.78 is 5.14. The number of unbranched alkanes of at least 4 members (excludes halogenated alkanes) is 1. The average molecular weight is 249 g/mol. The minimum absolute atomic E-state index is 0.146. The molecule has 1 unspecified atom stereocenters. The van der Waals surface area contributed by atoms with Crippen LogP contribution in [0.3, 0.4) is 0 Å². The van der Waals surface area contributed by atoms with Gasteiger partial charge in [0, 0.05) is 6.54 Å². The fraction of sp³-hybridized carbons (Fsp3) is 0.533. The molecule has 0 amide bonds. The van der Waals surface area contributed by atoms with E-state index in [0.29, 0.717) is 13.2 Å². The number of carbonyl (C=O) groups is 1. The molecule has 1 N–H and O–H groups in total. The zero-order valence-electron chi connectivity index (χ0n) is 11.3. The number of hydrogen-bond acceptors (Lipinski definition) is 3. The van der Waals surface area contributed by atoms with Gasteiger partial charge in [0.1, 0.15) is 0 Å². The second-order valence-corrected chi connectivity index (χ2v) is 4.27. The number of ether oxygens (including phenoxy) is 1. The van der Waals surface area contributed by atoms with Crippen LogP contribution in [-0.4, -0.2) is 25.7 Å². The van der Waals surface area contributed by atoms with E-state index < -0.39 is 0 Å². The van der Waals surface area contributed by atoms with Crippen molar-refractivity contribution in [3.63, 3.8) is 0 Å². The summed E-state index contributed by atoms with van der Waals surface area (Å²) in [5.74, 6) is -0.351. The summed E-state index contributed by atoms with van der Waals surface area (Å²) in [6, 6.07) is 9.81. The van der Waals surface area contributed by atoms with Gasteiger partial charge in [0.25, 0.3) is 0 Å². The highest BCUT2D eigenvalue weighted by molar-refractivity contribution is 5.78. The van der Waals surface area contributed by atoms with Crippen molar-refractivity contribution < 1.29 is 9.53 Å². The van der Waals surface area contributed by atoms with E-state index in [1.807, 2.05) is 37.3 Å². The monoisotopic (exact) mass is 249 g/mol. The summed E-state index contributed by atoms with van der Waals surface area (Å²) in [6.45, 7) is 6.01. The summed E-state index contributed by atoms with van der Waals surface area (Å²) in [7, 11) is 0. The Morgan fingerprint density at radius 3 is 2.61 bits per heavy atom. The second-order valence-electron chi connectivity index (χ2n) is 4.27. The normalized spacial score (nSPS) is 12.1. The van der Waals surface area contributed by atoms with E-state index in [2.05, 4.69) is 12.2 Å². The maximum Gasteiger partial charge on any atom is 0.314 e. The van der Waals surface area contributed by atoms with Crippen LogP contribution in [0.4, 0.5) is 0 Å². The van der Waals surface area contributed by atoms with Crippen molar-refractivity contribution in [2.45, 2.75) is 32.6 Å². The van der Waals surface area contributed by atoms with Crippen molar-refractivity contribution in [3.8, 4) is 0 Å². The minimum Gasteiger partial charge on any atom is -0.465 e. The van der Waals surface area contributed by atoms with E-state index in [-0.39, 0.29) is 11.9 Å². The quantitative estimate of drug-likeness (QED) is 0.568. The molecule has 1 aromatic carbocycles. The molecular weight excluding hydrogens is 226 g/mol. The van der Waals surface area contributed by atoms with Crippen LogP contribution in [0.1, 0.15) is 38.2 Å². The standard InChI is InChI=1S/C15H23NO2/c1-3-5-11-16-12-14(15(17)18-4-2)13-9-7-6-8-10-13/h6-10,14,16H,3-5,11-12H2,1-2H3. The highest BCUT2D eigenvalue weighted by Gasteiger charge is 2.20. The van der Waals surface area contributed by atoms with Crippen molar-refractivity contribution in [1.82, 2.24) is 5.32 Å². The molecule has 0 heterocycles. The molecule has 0 saturated heterocycles. The van der Waals surface area contributed by atoms with Crippen LogP contribution in [0.2, 0.25) is 0 Å². The zero-order valence-corrected chi connectivity index (χ0v) is 11.3. The van der Waals surface area contributed by atoms with Crippen molar-refractivity contribution in [3.05, 3.63) is 35.9 Å². The van der Waals surface area contributed by atoms with E-state index >= 15 is 0 Å². The molecular formula is C15H23NO2. The van der Waals surface area contributed by atoms with Gasteiger partial charge in [-0.05, 0) is 25.5 Å². The molecule has 0 saturated carbocycles. The van der Waals surface area contributed by atoms with Gasteiger partial charge in [-0.3, -0.25) is 4.79 Å². The summed E-state index contributed by atoms with van der Waals surface area (Å²) in [5.41, 5.74) is 1.01. The van der Waals surface area contributed by atoms with Crippen molar-refractivity contribution in [2.75, 3.05) is 19.7 Å². The lowest BCUT2D eigenvalue weighted by Crippen LogP contribution is -2.29. The van der Waals surface area contributed by atoms with Gasteiger partial charge >= 0.3 is 5.97 Å². The number of nitrogens with one attached hydrogen (secondary N) is 1. The number of hydrogen-bond donors (Lipinski definition) is 1. The largest absolute Gasteiger partial charge is 0.465 e. The number of rotatable bonds is 8. The molecule has 3 heteroatoms. The number of benzene rings is 1. The Balaban J connectivity index is 2.61. The molecule has 0 radical (unpaired) electrons. The van der Waals surface area contributed by atoms with Crippen LogP contribution >= 0.6 is 0 Å². The Labute approximate surface area is 110 Å². The smallest absolute Gasteiger partial charge is 0.314 e. The number of esters is 1. The van der Waals surface area contributed by atoms with Crippen LogP contribution in [0.5, 0.6) is 0 Å². The topological polar surface area (TPSA) is 38.3 Å². The van der Waals surface area contributed by atoms with E-state index in [9.17, 15) is 4.79 Å². The van der Waals surface area contributed by atoms with E-state index in [1.165, 1.54) is 0 Å². The third kappa shape index (κ3) is 4.88. The predicted octanol–water partition coefficient (Wildman–Crippen LogP) is 2.72. The Morgan fingerprint density at radius 2 is 2.00 bits per heavy atom. The van der Waals surface area contributed by atoms with Gasteiger partial charge in [0.15, 0.2) is 0 Å². The van der Waals surface area contributed by atoms with Gasteiger partial charge in [-0.2, -0.15) is 0 Å². The fourth-order valence-electron chi connectivity index (χ4n) is 1.81. The predicted molar refractivity (Wildman–Crippen MR) is 73.6 cm³/mol. The highest BCUT2D eigenvalue weighted by atomic mass is 16.5. The SMILES string of the molecule is CCCCNCC(C(=O)OCC)c1ccccc1. The Morgan fingerprint density at radius 1 is 1.28 bits per heavy atom. The molecule has 0 bridgehead atoms. The van der Waals surface area contributed by atoms with Crippen LogP contribution in [0, 0.1) is 0 Å². The zero-order chi connectivity index (χ0) is 13.2. The lowest BCUT2D eigenvalue weighted by molar-refractivity contribution is -0.144. The number of carbonyl (C=O) groups excluding carboxylic acids is 1. The third-order valence-corrected chi connectivity index (χ3v) is 2.83. The van der Waals surface area contributed by atoms with Gasteiger partial charge in [0.05, 0.1) is 12.5 Å². The molecule has 100 valence electrons. The first-order chi connectivity index (χ1) is 8.79. The Hall–Kier alpha value is -1.35. The van der Waals surface area contributed by atoms with Crippen LogP contribution in [-0.2, 0) is 9.53 Å². The molecule has 0 aromatic heterocycles. The molecule has 18 heavy (non-hydrogen) atoms. The van der Waals surface area contributed by atoms with Crippen LogP contribution in [0.15, 0.2) is 30.3 Å². The third-order valence-electron chi connectivity index (χ3n) is 2.83. The molecule has 1 aromatic rings. The first kappa shape index (κ1) is 14.7. The first-order valence-corrected chi connectivity index (χ1v) is 6.71. The summed E-state index contributed by atoms with van der Waals surface area (Å²) >= 11 is 0. The van der Waals surface area contributed by atoms with Crippen molar-refractivity contribution >= 4 is 5.97 Å². The molecule has 0 aliphatic rings. The summed E-state index contributed by atoms with van der Waals surface area (Å²) in [6.07, 6.45) is 2.28. The molecule has 1 atom stereocenters. The van der Waals surface area contributed by atoms with E-state index in [1.54, 1.807) is 0 Å². The fourth-order valence-corrected chi connectivity index (χ4v) is 1.81. The van der Waals surface area contributed by atoms with Gasteiger partial charge in [-0.15, -0.1) is 0 Å². The van der Waals surface area contributed by atoms with Gasteiger partial charge < -0.3 is 10.1 Å². The summed E-state index contributed by atoms with van der Waals surface area (Å²) in [4.78, 5) is 11.9. The van der Waals surface area contributed by atoms with Crippen molar-refractivity contribution in [1.29, 1.82) is 0 Å². The molecule has 0 aliphatic heterocycles. The Kier molecular flexibility index (Phi) is 7.11. The molecule has 1 rings (SSSR count). The molecule has 0 fully saturated rings. The summed E-state index contributed by atoms with van der Waals surface area (Å²) in [5, 5.41) is 3.32. The van der Waals surface area contributed by atoms with Gasteiger partial charge in [0.2, 0.25) is 0 Å².